The maximum atomic E-state index is 5.85. The number of rotatable bonds is 5. The Morgan fingerprint density at radius 1 is 1.37 bits per heavy atom. The number of nitrogens with zero attached hydrogens (tertiary/aromatic N) is 1. The summed E-state index contributed by atoms with van der Waals surface area (Å²) in [7, 11) is 0. The second-order valence-electron chi connectivity index (χ2n) is 4.91. The first-order valence-electron chi connectivity index (χ1n) is 6.71. The van der Waals surface area contributed by atoms with Gasteiger partial charge in [0.25, 0.3) is 0 Å². The van der Waals surface area contributed by atoms with Gasteiger partial charge in [0, 0.05) is 23.2 Å². The van der Waals surface area contributed by atoms with Gasteiger partial charge in [0.05, 0.1) is 5.69 Å². The van der Waals surface area contributed by atoms with E-state index < -0.39 is 0 Å². The van der Waals surface area contributed by atoms with Crippen LogP contribution < -0.4 is 5.73 Å². The van der Waals surface area contributed by atoms with Crippen LogP contribution in [0.4, 0.5) is 5.69 Å². The number of anilines is 1. The molecule has 0 bridgehead atoms. The van der Waals surface area contributed by atoms with Gasteiger partial charge in [-0.3, -0.25) is 0 Å². The van der Waals surface area contributed by atoms with Gasteiger partial charge in [-0.15, -0.1) is 11.3 Å². The maximum absolute atomic E-state index is 5.85. The number of aromatic nitrogens is 1. The van der Waals surface area contributed by atoms with E-state index in [1.807, 2.05) is 31.2 Å². The van der Waals surface area contributed by atoms with Crippen molar-refractivity contribution >= 4 is 17.0 Å². The highest BCUT2D eigenvalue weighted by Gasteiger charge is 2.34. The molecule has 0 amide bonds. The Bertz CT molecular complexity index is 546. The molecule has 0 radical (unpaired) electrons. The summed E-state index contributed by atoms with van der Waals surface area (Å²) >= 11 is 1.70. The monoisotopic (exact) mass is 274 g/mol. The lowest BCUT2D eigenvalue weighted by Gasteiger charge is -2.12. The summed E-state index contributed by atoms with van der Waals surface area (Å²) in [6.07, 6.45) is 2.72. The van der Waals surface area contributed by atoms with Crippen molar-refractivity contribution in [1.82, 2.24) is 4.98 Å². The highest BCUT2D eigenvalue weighted by Crippen LogP contribution is 2.44. The van der Waals surface area contributed by atoms with Crippen LogP contribution in [0.15, 0.2) is 29.6 Å². The molecular formula is C15H18N2OS. The number of nitrogen functional groups attached to an aromatic ring is 1. The molecule has 3 nitrogen and oxygen atoms in total. The van der Waals surface area contributed by atoms with Crippen LogP contribution in [-0.4, -0.2) is 11.6 Å². The van der Waals surface area contributed by atoms with Crippen LogP contribution in [0.3, 0.4) is 0 Å². The van der Waals surface area contributed by atoms with Crippen LogP contribution in [0, 0.1) is 5.92 Å². The van der Waals surface area contributed by atoms with Gasteiger partial charge in [-0.05, 0) is 37.8 Å². The molecule has 0 aliphatic heterocycles. The molecular weight excluding hydrogens is 256 g/mol. The minimum absolute atomic E-state index is 0.192. The molecule has 4 heteroatoms. The molecule has 1 aliphatic carbocycles. The molecule has 1 heterocycles. The number of hydrogen-bond donors (Lipinski definition) is 1. The van der Waals surface area contributed by atoms with Gasteiger partial charge in [-0.2, -0.15) is 0 Å². The third kappa shape index (κ3) is 2.80. The van der Waals surface area contributed by atoms with Crippen LogP contribution in [0.2, 0.25) is 0 Å². The maximum Gasteiger partial charge on any atom is 0.122 e. The molecule has 1 saturated carbocycles. The fourth-order valence-corrected chi connectivity index (χ4v) is 3.16. The molecule has 1 unspecified atom stereocenters. The average molecular weight is 274 g/mol. The van der Waals surface area contributed by atoms with E-state index in [1.54, 1.807) is 11.3 Å². The van der Waals surface area contributed by atoms with Crippen molar-refractivity contribution in [2.45, 2.75) is 25.9 Å². The van der Waals surface area contributed by atoms with E-state index in [9.17, 15) is 0 Å². The third-order valence-corrected chi connectivity index (χ3v) is 4.27. The molecule has 1 aromatic carbocycles. The topological polar surface area (TPSA) is 48.1 Å². The smallest absolute Gasteiger partial charge is 0.122 e. The van der Waals surface area contributed by atoms with Crippen LogP contribution >= 0.6 is 11.3 Å². The first-order valence-corrected chi connectivity index (χ1v) is 7.59. The fraction of sp³-hybridized carbons (Fsp3) is 0.400. The van der Waals surface area contributed by atoms with Crippen molar-refractivity contribution in [1.29, 1.82) is 0 Å². The van der Waals surface area contributed by atoms with Gasteiger partial charge in [0.15, 0.2) is 0 Å². The second kappa shape index (κ2) is 5.31. The van der Waals surface area contributed by atoms with Crippen molar-refractivity contribution in [3.63, 3.8) is 0 Å². The van der Waals surface area contributed by atoms with E-state index in [0.29, 0.717) is 5.92 Å². The van der Waals surface area contributed by atoms with Crippen LogP contribution in [0.1, 0.15) is 30.9 Å². The Labute approximate surface area is 117 Å². The number of benzene rings is 1. The quantitative estimate of drug-likeness (QED) is 0.842. The first kappa shape index (κ1) is 12.6. The predicted molar refractivity (Wildman–Crippen MR) is 79.1 cm³/mol. The molecule has 1 atom stereocenters. The summed E-state index contributed by atoms with van der Waals surface area (Å²) < 4.78 is 5.85. The van der Waals surface area contributed by atoms with Crippen LogP contribution in [-0.2, 0) is 4.74 Å². The number of hydrogen-bond acceptors (Lipinski definition) is 4. The van der Waals surface area contributed by atoms with E-state index in [2.05, 4.69) is 5.38 Å². The Kier molecular flexibility index (Phi) is 3.53. The Morgan fingerprint density at radius 2 is 2.11 bits per heavy atom. The summed E-state index contributed by atoms with van der Waals surface area (Å²) in [5.41, 5.74) is 8.62. The molecule has 1 aromatic heterocycles. The first-order chi connectivity index (χ1) is 9.28. The molecule has 0 saturated heterocycles. The van der Waals surface area contributed by atoms with E-state index in [0.717, 1.165) is 28.6 Å². The standard InChI is InChI=1S/C15H18N2OS/c1-2-18-14(11-3-4-11)15-17-13(9-19-15)10-5-7-12(16)8-6-10/h5-9,11,14H,2-4,16H2,1H3. The van der Waals surface area contributed by atoms with Gasteiger partial charge in [0.2, 0.25) is 0 Å². The van der Waals surface area contributed by atoms with Gasteiger partial charge < -0.3 is 10.5 Å². The lowest BCUT2D eigenvalue weighted by Crippen LogP contribution is -2.06. The van der Waals surface area contributed by atoms with Crippen molar-refractivity contribution in [3.8, 4) is 11.3 Å². The van der Waals surface area contributed by atoms with Crippen molar-refractivity contribution in [2.75, 3.05) is 12.3 Å². The number of nitrogens with two attached hydrogens (primary N) is 1. The summed E-state index contributed by atoms with van der Waals surface area (Å²) in [4.78, 5) is 4.74. The zero-order chi connectivity index (χ0) is 13.2. The summed E-state index contributed by atoms with van der Waals surface area (Å²) in [6.45, 7) is 2.79. The van der Waals surface area contributed by atoms with E-state index in [-0.39, 0.29) is 6.10 Å². The summed E-state index contributed by atoms with van der Waals surface area (Å²) in [6, 6.07) is 7.85. The third-order valence-electron chi connectivity index (χ3n) is 3.37. The lowest BCUT2D eigenvalue weighted by molar-refractivity contribution is 0.0462. The Morgan fingerprint density at radius 3 is 2.74 bits per heavy atom. The van der Waals surface area contributed by atoms with E-state index in [4.69, 9.17) is 15.5 Å². The molecule has 100 valence electrons. The SMILES string of the molecule is CCOC(c1nc(-c2ccc(N)cc2)cs1)C1CC1. The van der Waals surface area contributed by atoms with Crippen molar-refractivity contribution in [2.24, 2.45) is 5.92 Å². The minimum Gasteiger partial charge on any atom is -0.399 e. The van der Waals surface area contributed by atoms with Gasteiger partial charge >= 0.3 is 0 Å². The zero-order valence-corrected chi connectivity index (χ0v) is 11.8. The largest absolute Gasteiger partial charge is 0.399 e. The second-order valence-corrected chi connectivity index (χ2v) is 5.80. The molecule has 2 N–H and O–H groups in total. The van der Waals surface area contributed by atoms with Crippen LogP contribution in [0.25, 0.3) is 11.3 Å². The molecule has 3 rings (SSSR count). The molecule has 1 aliphatic rings. The normalized spacial score (nSPS) is 16.5. The van der Waals surface area contributed by atoms with Crippen molar-refractivity contribution in [3.05, 3.63) is 34.7 Å². The summed E-state index contributed by atoms with van der Waals surface area (Å²) in [5.74, 6) is 0.672. The average Bonchev–Trinajstić information content (AvgIpc) is 3.14. The molecule has 2 aromatic rings. The summed E-state index contributed by atoms with van der Waals surface area (Å²) in [5, 5.41) is 3.21. The van der Waals surface area contributed by atoms with Crippen LogP contribution in [0.5, 0.6) is 0 Å². The highest BCUT2D eigenvalue weighted by molar-refractivity contribution is 7.10. The number of thiazole rings is 1. The van der Waals surface area contributed by atoms with Gasteiger partial charge in [-0.25, -0.2) is 4.98 Å². The molecule has 1 fully saturated rings. The van der Waals surface area contributed by atoms with E-state index >= 15 is 0 Å². The fourth-order valence-electron chi connectivity index (χ4n) is 2.19. The van der Waals surface area contributed by atoms with Gasteiger partial charge in [0.1, 0.15) is 11.1 Å². The minimum atomic E-state index is 0.192. The number of ether oxygens (including phenoxy) is 1. The van der Waals surface area contributed by atoms with E-state index in [1.165, 1.54) is 12.8 Å². The highest BCUT2D eigenvalue weighted by atomic mass is 32.1. The Balaban J connectivity index is 1.83. The lowest BCUT2D eigenvalue weighted by atomic mass is 10.1. The zero-order valence-electron chi connectivity index (χ0n) is 11.0. The van der Waals surface area contributed by atoms with Crippen molar-refractivity contribution < 1.29 is 4.74 Å². The Hall–Kier alpha value is -1.39. The molecule has 0 spiro atoms. The van der Waals surface area contributed by atoms with Gasteiger partial charge in [-0.1, -0.05) is 12.1 Å². The molecule has 19 heavy (non-hydrogen) atoms. The predicted octanol–water partition coefficient (Wildman–Crippen LogP) is 3.88.